The Morgan fingerprint density at radius 2 is 1.51 bits per heavy atom. The van der Waals surface area contributed by atoms with E-state index in [4.69, 9.17) is 23.2 Å². The lowest BCUT2D eigenvalue weighted by atomic mass is 9.97. The SMILES string of the molecule is O=C(Nc1ccc(S(=O)(=O)N2CCCC2)cc1)C1CCN(S(=O)(=O)Cc2ccc(Cl)cc2Cl)CC1. The molecule has 35 heavy (non-hydrogen) atoms. The molecule has 0 aromatic heterocycles. The number of hydrogen-bond donors (Lipinski definition) is 1. The van der Waals surface area contributed by atoms with E-state index < -0.39 is 20.0 Å². The number of hydrogen-bond acceptors (Lipinski definition) is 5. The van der Waals surface area contributed by atoms with E-state index in [1.54, 1.807) is 24.3 Å². The second-order valence-corrected chi connectivity index (χ2v) is 13.5. The predicted octanol–water partition coefficient (Wildman–Crippen LogP) is 3.96. The third-order valence-electron chi connectivity index (χ3n) is 6.40. The minimum Gasteiger partial charge on any atom is -0.326 e. The van der Waals surface area contributed by atoms with Gasteiger partial charge in [0.25, 0.3) is 0 Å². The molecule has 2 aromatic carbocycles. The summed E-state index contributed by atoms with van der Waals surface area (Å²) in [7, 11) is -7.10. The predicted molar refractivity (Wildman–Crippen MR) is 136 cm³/mol. The summed E-state index contributed by atoms with van der Waals surface area (Å²) in [6.07, 6.45) is 2.51. The van der Waals surface area contributed by atoms with Crippen molar-refractivity contribution in [3.63, 3.8) is 0 Å². The average molecular weight is 561 g/mol. The lowest BCUT2D eigenvalue weighted by Gasteiger charge is -2.30. The lowest BCUT2D eigenvalue weighted by Crippen LogP contribution is -2.41. The first-order chi connectivity index (χ1) is 16.6. The van der Waals surface area contributed by atoms with Crippen LogP contribution in [0.3, 0.4) is 0 Å². The molecule has 0 bridgehead atoms. The molecule has 0 unspecified atom stereocenters. The summed E-state index contributed by atoms with van der Waals surface area (Å²) in [5.41, 5.74) is 0.980. The highest BCUT2D eigenvalue weighted by molar-refractivity contribution is 7.89. The Morgan fingerprint density at radius 1 is 0.886 bits per heavy atom. The zero-order chi connectivity index (χ0) is 25.2. The largest absolute Gasteiger partial charge is 0.326 e. The molecule has 8 nitrogen and oxygen atoms in total. The fourth-order valence-corrected chi connectivity index (χ4v) is 8.02. The Bertz CT molecular complexity index is 1290. The minimum atomic E-state index is -3.59. The van der Waals surface area contributed by atoms with Crippen molar-refractivity contribution in [2.24, 2.45) is 5.92 Å². The Kier molecular flexibility index (Phi) is 8.09. The first kappa shape index (κ1) is 26.4. The summed E-state index contributed by atoms with van der Waals surface area (Å²) in [5.74, 6) is -0.779. The number of piperidine rings is 1. The summed E-state index contributed by atoms with van der Waals surface area (Å²) < 4.78 is 53.9. The number of rotatable bonds is 7. The third kappa shape index (κ3) is 6.18. The minimum absolute atomic E-state index is 0.205. The molecule has 0 atom stereocenters. The number of carbonyl (C=O) groups excluding carboxylic acids is 1. The van der Waals surface area contributed by atoms with Crippen molar-refractivity contribution < 1.29 is 21.6 Å². The molecule has 2 aromatic rings. The lowest BCUT2D eigenvalue weighted by molar-refractivity contribution is -0.120. The molecule has 1 N–H and O–H groups in total. The monoisotopic (exact) mass is 559 g/mol. The molecule has 2 saturated heterocycles. The van der Waals surface area contributed by atoms with Crippen molar-refractivity contribution in [3.05, 3.63) is 58.1 Å². The highest BCUT2D eigenvalue weighted by atomic mass is 35.5. The average Bonchev–Trinajstić information content (AvgIpc) is 3.37. The Balaban J connectivity index is 1.32. The van der Waals surface area contributed by atoms with Crippen LogP contribution in [-0.2, 0) is 30.6 Å². The van der Waals surface area contributed by atoms with Crippen LogP contribution in [0.4, 0.5) is 5.69 Å². The number of nitrogens with one attached hydrogen (secondary N) is 1. The molecule has 0 aliphatic carbocycles. The van der Waals surface area contributed by atoms with Gasteiger partial charge in [-0.3, -0.25) is 4.79 Å². The van der Waals surface area contributed by atoms with Crippen molar-refractivity contribution in [2.75, 3.05) is 31.5 Å². The van der Waals surface area contributed by atoms with Crippen molar-refractivity contribution in [3.8, 4) is 0 Å². The fourth-order valence-electron chi connectivity index (χ4n) is 4.35. The zero-order valence-corrected chi connectivity index (χ0v) is 22.1. The quantitative estimate of drug-likeness (QED) is 0.552. The van der Waals surface area contributed by atoms with Gasteiger partial charge in [0.1, 0.15) is 0 Å². The van der Waals surface area contributed by atoms with Gasteiger partial charge in [0.15, 0.2) is 0 Å². The molecular formula is C23H27Cl2N3O5S2. The second kappa shape index (κ2) is 10.7. The van der Waals surface area contributed by atoms with Crippen LogP contribution in [0.15, 0.2) is 47.4 Å². The van der Waals surface area contributed by atoms with Crippen molar-refractivity contribution >= 4 is 54.8 Å². The van der Waals surface area contributed by atoms with Crippen LogP contribution >= 0.6 is 23.2 Å². The molecule has 0 radical (unpaired) electrons. The number of sulfonamides is 2. The first-order valence-corrected chi connectivity index (χ1v) is 15.2. The number of benzene rings is 2. The number of anilines is 1. The molecule has 2 aliphatic rings. The molecule has 0 saturated carbocycles. The molecule has 2 aliphatic heterocycles. The Morgan fingerprint density at radius 3 is 2.11 bits per heavy atom. The molecule has 2 fully saturated rings. The van der Waals surface area contributed by atoms with Gasteiger partial charge in [-0.2, -0.15) is 4.31 Å². The van der Waals surface area contributed by atoms with E-state index in [0.717, 1.165) is 12.8 Å². The highest BCUT2D eigenvalue weighted by Gasteiger charge is 2.32. The van der Waals surface area contributed by atoms with Crippen LogP contribution in [0.25, 0.3) is 0 Å². The van der Waals surface area contributed by atoms with Crippen LogP contribution in [0.1, 0.15) is 31.2 Å². The highest BCUT2D eigenvalue weighted by Crippen LogP contribution is 2.27. The van der Waals surface area contributed by atoms with Crippen LogP contribution in [0.2, 0.25) is 10.0 Å². The van der Waals surface area contributed by atoms with Crippen molar-refractivity contribution in [2.45, 2.75) is 36.3 Å². The maximum Gasteiger partial charge on any atom is 0.243 e. The number of halogens is 2. The molecule has 4 rings (SSSR count). The van der Waals surface area contributed by atoms with Gasteiger partial charge in [-0.25, -0.2) is 21.1 Å². The zero-order valence-electron chi connectivity index (χ0n) is 19.0. The summed E-state index contributed by atoms with van der Waals surface area (Å²) >= 11 is 12.0. The van der Waals surface area contributed by atoms with Crippen LogP contribution in [0, 0.1) is 5.92 Å². The number of nitrogens with zero attached hydrogens (tertiary/aromatic N) is 2. The molecule has 12 heteroatoms. The first-order valence-electron chi connectivity index (χ1n) is 11.4. The molecule has 190 valence electrons. The maximum absolute atomic E-state index is 12.8. The smallest absolute Gasteiger partial charge is 0.243 e. The maximum atomic E-state index is 12.8. The van der Waals surface area contributed by atoms with E-state index >= 15 is 0 Å². The topological polar surface area (TPSA) is 104 Å². The van der Waals surface area contributed by atoms with Crippen molar-refractivity contribution in [1.29, 1.82) is 0 Å². The summed E-state index contributed by atoms with van der Waals surface area (Å²) in [5, 5.41) is 3.56. The van der Waals surface area contributed by atoms with E-state index in [0.29, 0.717) is 47.2 Å². The van der Waals surface area contributed by atoms with Gasteiger partial charge in [-0.05, 0) is 67.6 Å². The van der Waals surface area contributed by atoms with Gasteiger partial charge >= 0.3 is 0 Å². The number of carbonyl (C=O) groups is 1. The van der Waals surface area contributed by atoms with Crippen molar-refractivity contribution in [1.82, 2.24) is 8.61 Å². The van der Waals surface area contributed by atoms with Crippen LogP contribution < -0.4 is 5.32 Å². The van der Waals surface area contributed by atoms with Gasteiger partial charge in [-0.1, -0.05) is 29.3 Å². The molecule has 1 amide bonds. The second-order valence-electron chi connectivity index (χ2n) is 8.79. The van der Waals surface area contributed by atoms with Gasteiger partial charge in [0.2, 0.25) is 26.0 Å². The van der Waals surface area contributed by atoms with E-state index in [2.05, 4.69) is 5.32 Å². The van der Waals surface area contributed by atoms with E-state index in [9.17, 15) is 21.6 Å². The third-order valence-corrected chi connectivity index (χ3v) is 10.7. The molecule has 2 heterocycles. The molecule has 0 spiro atoms. The van der Waals surface area contributed by atoms with Gasteiger partial charge < -0.3 is 5.32 Å². The Hall–Kier alpha value is -1.69. The van der Waals surface area contributed by atoms with Gasteiger partial charge in [-0.15, -0.1) is 0 Å². The number of amides is 1. The van der Waals surface area contributed by atoms with E-state index in [1.807, 2.05) is 0 Å². The summed E-state index contributed by atoms with van der Waals surface area (Å²) in [6.45, 7) is 1.53. The summed E-state index contributed by atoms with van der Waals surface area (Å²) in [4.78, 5) is 13.0. The molecular weight excluding hydrogens is 533 g/mol. The fraction of sp³-hybridized carbons (Fsp3) is 0.435. The van der Waals surface area contributed by atoms with Gasteiger partial charge in [0, 0.05) is 47.8 Å². The summed E-state index contributed by atoms with van der Waals surface area (Å²) in [6, 6.07) is 10.9. The van der Waals surface area contributed by atoms with E-state index in [-0.39, 0.29) is 35.6 Å². The standard InChI is InChI=1S/C23H27Cl2N3O5S2/c24-19-4-3-18(22(25)15-19)16-34(30,31)27-13-9-17(10-14-27)23(29)26-20-5-7-21(8-6-20)35(32,33)28-11-1-2-12-28/h3-8,15,17H,1-2,9-14,16H2,(H,26,29). The Labute approximate surface area is 216 Å². The van der Waals surface area contributed by atoms with Crippen LogP contribution in [0.5, 0.6) is 0 Å². The normalized spacial score (nSPS) is 18.6. The van der Waals surface area contributed by atoms with Gasteiger partial charge in [0.05, 0.1) is 10.6 Å². The van der Waals surface area contributed by atoms with Crippen LogP contribution in [-0.4, -0.2) is 57.5 Å². The van der Waals surface area contributed by atoms with E-state index in [1.165, 1.54) is 26.8 Å².